The van der Waals surface area contributed by atoms with Crippen molar-refractivity contribution in [3.63, 3.8) is 0 Å². The standard InChI is InChI=1S/C24H36N8O4S/c1-4-18-22(26-14-20(24(33)34)30-37(35,36)31(2)3)27-15-28-23(18)32-12-9-16(10-13-32)19-8-7-17-6-5-11-25-21(17)29-19/h7-8,15-16,20,30H,4-6,9-14H2,1-3H3,(H,25,29)(H,33,34)(H,26,27,28). The number of carboxylic acid groups (broad SMARTS) is 1. The number of rotatable bonds is 10. The molecule has 1 saturated heterocycles. The maximum Gasteiger partial charge on any atom is 0.323 e. The van der Waals surface area contributed by atoms with E-state index in [1.54, 1.807) is 0 Å². The Morgan fingerprint density at radius 3 is 2.70 bits per heavy atom. The number of hydrogen-bond acceptors (Lipinski definition) is 9. The Morgan fingerprint density at radius 1 is 1.27 bits per heavy atom. The Labute approximate surface area is 218 Å². The largest absolute Gasteiger partial charge is 0.480 e. The van der Waals surface area contributed by atoms with E-state index in [4.69, 9.17) is 4.98 Å². The number of aliphatic carboxylic acids is 1. The number of pyridine rings is 1. The highest BCUT2D eigenvalue weighted by molar-refractivity contribution is 7.87. The SMILES string of the molecule is CCc1c(NCC(NS(=O)(=O)N(C)C)C(=O)O)ncnc1N1CCC(c2ccc3c(n2)NCCC3)CC1. The predicted molar refractivity (Wildman–Crippen MR) is 142 cm³/mol. The van der Waals surface area contributed by atoms with Crippen LogP contribution in [0.2, 0.25) is 0 Å². The summed E-state index contributed by atoms with van der Waals surface area (Å²) >= 11 is 0. The molecule has 0 radical (unpaired) electrons. The van der Waals surface area contributed by atoms with Crippen LogP contribution in [0.3, 0.4) is 0 Å². The molecule has 4 rings (SSSR count). The average Bonchev–Trinajstić information content (AvgIpc) is 2.90. The summed E-state index contributed by atoms with van der Waals surface area (Å²) in [5.74, 6) is 1.46. The first kappa shape index (κ1) is 27.0. The van der Waals surface area contributed by atoms with E-state index in [0.717, 1.165) is 72.5 Å². The number of aromatic nitrogens is 3. The quantitative estimate of drug-likeness (QED) is 0.353. The predicted octanol–water partition coefficient (Wildman–Crippen LogP) is 1.44. The summed E-state index contributed by atoms with van der Waals surface area (Å²) in [6, 6.07) is 3.01. The molecule has 2 aromatic heterocycles. The fourth-order valence-corrected chi connectivity index (χ4v) is 5.53. The highest BCUT2D eigenvalue weighted by Crippen LogP contribution is 2.33. The van der Waals surface area contributed by atoms with E-state index < -0.39 is 22.2 Å². The zero-order chi connectivity index (χ0) is 26.6. The van der Waals surface area contributed by atoms with E-state index in [2.05, 4.69) is 42.4 Å². The third-order valence-electron chi connectivity index (χ3n) is 6.95. The second-order valence-corrected chi connectivity index (χ2v) is 11.5. The number of nitrogens with one attached hydrogen (secondary N) is 3. The molecule has 1 fully saturated rings. The van der Waals surface area contributed by atoms with Crippen LogP contribution in [0.4, 0.5) is 17.5 Å². The van der Waals surface area contributed by atoms with Crippen LogP contribution in [0.1, 0.15) is 48.9 Å². The lowest BCUT2D eigenvalue weighted by Gasteiger charge is -2.34. The van der Waals surface area contributed by atoms with Crippen LogP contribution in [0, 0.1) is 0 Å². The second kappa shape index (κ2) is 11.6. The third-order valence-corrected chi connectivity index (χ3v) is 8.49. The van der Waals surface area contributed by atoms with Crippen molar-refractivity contribution in [1.29, 1.82) is 0 Å². The molecular formula is C24H36N8O4S. The van der Waals surface area contributed by atoms with E-state index in [0.29, 0.717) is 18.2 Å². The Kier molecular flexibility index (Phi) is 8.45. The molecule has 2 aliphatic rings. The van der Waals surface area contributed by atoms with Gasteiger partial charge in [0.25, 0.3) is 10.2 Å². The number of piperidine rings is 1. The lowest BCUT2D eigenvalue weighted by atomic mass is 9.92. The van der Waals surface area contributed by atoms with Gasteiger partial charge in [-0.15, -0.1) is 0 Å². The van der Waals surface area contributed by atoms with Crippen molar-refractivity contribution in [2.75, 3.05) is 55.8 Å². The molecule has 0 aromatic carbocycles. The van der Waals surface area contributed by atoms with Gasteiger partial charge in [0, 0.05) is 57.4 Å². The minimum atomic E-state index is -3.91. The maximum absolute atomic E-state index is 12.1. The molecule has 0 saturated carbocycles. The smallest absolute Gasteiger partial charge is 0.323 e. The number of carboxylic acids is 1. The molecule has 12 nitrogen and oxygen atoms in total. The molecule has 2 aliphatic heterocycles. The number of anilines is 3. The van der Waals surface area contributed by atoms with Crippen LogP contribution in [-0.2, 0) is 27.8 Å². The Morgan fingerprint density at radius 2 is 2.03 bits per heavy atom. The lowest BCUT2D eigenvalue weighted by Crippen LogP contribution is -2.49. The highest BCUT2D eigenvalue weighted by Gasteiger charge is 2.28. The highest BCUT2D eigenvalue weighted by atomic mass is 32.2. The summed E-state index contributed by atoms with van der Waals surface area (Å²) in [7, 11) is -1.24. The zero-order valence-electron chi connectivity index (χ0n) is 21.6. The molecule has 1 unspecified atom stereocenters. The molecule has 4 N–H and O–H groups in total. The van der Waals surface area contributed by atoms with Crippen LogP contribution in [-0.4, -0.2) is 85.1 Å². The Hall–Kier alpha value is -3.03. The van der Waals surface area contributed by atoms with Gasteiger partial charge in [-0.05, 0) is 43.7 Å². The van der Waals surface area contributed by atoms with Crippen molar-refractivity contribution in [3.05, 3.63) is 35.3 Å². The van der Waals surface area contributed by atoms with Crippen LogP contribution < -0.4 is 20.3 Å². The summed E-state index contributed by atoms with van der Waals surface area (Å²) in [6.45, 7) is 4.45. The lowest BCUT2D eigenvalue weighted by molar-refractivity contribution is -0.138. The topological polar surface area (TPSA) is 153 Å². The molecule has 0 aliphatic carbocycles. The van der Waals surface area contributed by atoms with Gasteiger partial charge < -0.3 is 20.6 Å². The van der Waals surface area contributed by atoms with Crippen molar-refractivity contribution in [3.8, 4) is 0 Å². The van der Waals surface area contributed by atoms with Crippen molar-refractivity contribution in [2.24, 2.45) is 0 Å². The van der Waals surface area contributed by atoms with Crippen molar-refractivity contribution >= 4 is 33.6 Å². The van der Waals surface area contributed by atoms with Crippen molar-refractivity contribution in [2.45, 2.75) is 51.0 Å². The van der Waals surface area contributed by atoms with Crippen LogP contribution in [0.25, 0.3) is 0 Å². The number of carbonyl (C=O) groups is 1. The molecule has 1 atom stereocenters. The van der Waals surface area contributed by atoms with Gasteiger partial charge in [0.1, 0.15) is 29.8 Å². The summed E-state index contributed by atoms with van der Waals surface area (Å²) < 4.78 is 27.4. The van der Waals surface area contributed by atoms with E-state index in [9.17, 15) is 18.3 Å². The Balaban J connectivity index is 1.43. The van der Waals surface area contributed by atoms with Gasteiger partial charge in [0.2, 0.25) is 0 Å². The second-order valence-electron chi connectivity index (χ2n) is 9.59. The number of aryl methyl sites for hydroxylation is 1. The summed E-state index contributed by atoms with van der Waals surface area (Å²) in [5, 5.41) is 16.0. The molecule has 37 heavy (non-hydrogen) atoms. The van der Waals surface area contributed by atoms with Gasteiger partial charge in [-0.1, -0.05) is 13.0 Å². The number of nitrogens with zero attached hydrogens (tertiary/aromatic N) is 5. The molecule has 202 valence electrons. The van der Waals surface area contributed by atoms with E-state index in [-0.39, 0.29) is 6.54 Å². The van der Waals surface area contributed by atoms with Crippen LogP contribution in [0.15, 0.2) is 18.5 Å². The first-order chi connectivity index (χ1) is 17.7. The normalized spacial score (nSPS) is 17.2. The number of fused-ring (bicyclic) bond motifs is 1. The monoisotopic (exact) mass is 532 g/mol. The maximum atomic E-state index is 12.1. The summed E-state index contributed by atoms with van der Waals surface area (Å²) in [5.41, 5.74) is 3.30. The number of hydrogen-bond donors (Lipinski definition) is 4. The molecule has 0 spiro atoms. The van der Waals surface area contributed by atoms with Gasteiger partial charge in [0.15, 0.2) is 0 Å². The minimum absolute atomic E-state index is 0.161. The van der Waals surface area contributed by atoms with Crippen LogP contribution >= 0.6 is 0 Å². The molecule has 4 heterocycles. The van der Waals surface area contributed by atoms with E-state index >= 15 is 0 Å². The first-order valence-corrected chi connectivity index (χ1v) is 14.1. The fraction of sp³-hybridized carbons (Fsp3) is 0.583. The average molecular weight is 533 g/mol. The van der Waals surface area contributed by atoms with Crippen molar-refractivity contribution < 1.29 is 18.3 Å². The molecule has 0 amide bonds. The molecule has 2 aromatic rings. The summed E-state index contributed by atoms with van der Waals surface area (Å²) in [6.07, 6.45) is 6.22. The molecule has 13 heteroatoms. The van der Waals surface area contributed by atoms with E-state index in [1.165, 1.54) is 26.0 Å². The first-order valence-electron chi connectivity index (χ1n) is 12.7. The Bertz CT molecular complexity index is 1220. The third kappa shape index (κ3) is 6.28. The van der Waals surface area contributed by atoms with Crippen LogP contribution in [0.5, 0.6) is 0 Å². The summed E-state index contributed by atoms with van der Waals surface area (Å²) in [4.78, 5) is 27.7. The van der Waals surface area contributed by atoms with E-state index in [1.807, 2.05) is 6.92 Å². The van der Waals surface area contributed by atoms with Gasteiger partial charge in [-0.3, -0.25) is 4.79 Å². The zero-order valence-corrected chi connectivity index (χ0v) is 22.4. The molecular weight excluding hydrogens is 496 g/mol. The van der Waals surface area contributed by atoms with Gasteiger partial charge in [-0.2, -0.15) is 17.4 Å². The fourth-order valence-electron chi connectivity index (χ4n) is 4.77. The van der Waals surface area contributed by atoms with Gasteiger partial charge >= 0.3 is 5.97 Å². The minimum Gasteiger partial charge on any atom is -0.480 e. The molecule has 0 bridgehead atoms. The van der Waals surface area contributed by atoms with Gasteiger partial charge in [0.05, 0.1) is 0 Å². The van der Waals surface area contributed by atoms with Crippen molar-refractivity contribution in [1.82, 2.24) is 24.0 Å². The van der Waals surface area contributed by atoms with Gasteiger partial charge in [-0.25, -0.2) is 15.0 Å².